The fourth-order valence-electron chi connectivity index (χ4n) is 1.83. The van der Waals surface area contributed by atoms with Crippen molar-refractivity contribution in [2.75, 3.05) is 6.61 Å². The van der Waals surface area contributed by atoms with Crippen LogP contribution in [0, 0.1) is 6.92 Å². The molecule has 0 aromatic heterocycles. The second-order valence-electron chi connectivity index (χ2n) is 5.31. The Balaban J connectivity index is 2.26. The molecule has 1 nitrogen and oxygen atoms in total. The van der Waals surface area contributed by atoms with E-state index in [9.17, 15) is 0 Å². The lowest BCUT2D eigenvalue weighted by molar-refractivity contribution is 0.147. The average molecular weight is 258 g/mol. The minimum atomic E-state index is 0.699. The summed E-state index contributed by atoms with van der Waals surface area (Å²) in [6.07, 6.45) is 6.73. The molecular formula is C18H26O. The van der Waals surface area contributed by atoms with Crippen molar-refractivity contribution in [3.8, 4) is 0 Å². The Kier molecular flexibility index (Phi) is 7.20. The molecule has 0 radical (unpaired) electrons. The summed E-state index contributed by atoms with van der Waals surface area (Å²) < 4.78 is 5.71. The van der Waals surface area contributed by atoms with Gasteiger partial charge in [-0.2, -0.15) is 0 Å². The van der Waals surface area contributed by atoms with Gasteiger partial charge in [-0.25, -0.2) is 0 Å². The molecule has 0 amide bonds. The second kappa shape index (κ2) is 8.71. The van der Waals surface area contributed by atoms with Crippen molar-refractivity contribution in [1.82, 2.24) is 0 Å². The van der Waals surface area contributed by atoms with E-state index in [-0.39, 0.29) is 0 Å². The molecule has 0 aliphatic rings. The molecule has 0 aliphatic carbocycles. The molecule has 0 unspecified atom stereocenters. The highest BCUT2D eigenvalue weighted by atomic mass is 16.5. The summed E-state index contributed by atoms with van der Waals surface area (Å²) in [5.74, 6) is 0. The van der Waals surface area contributed by atoms with Gasteiger partial charge in [-0.05, 0) is 51.7 Å². The molecule has 0 heterocycles. The highest BCUT2D eigenvalue weighted by Gasteiger charge is 1.96. The SMILES string of the molecule is CC(C)=CCC/C(C)=C/COCc1ccccc1C. The van der Waals surface area contributed by atoms with Crippen molar-refractivity contribution in [3.63, 3.8) is 0 Å². The van der Waals surface area contributed by atoms with Gasteiger partial charge < -0.3 is 4.74 Å². The van der Waals surface area contributed by atoms with Crippen molar-refractivity contribution in [2.24, 2.45) is 0 Å². The van der Waals surface area contributed by atoms with Crippen molar-refractivity contribution in [1.29, 1.82) is 0 Å². The summed E-state index contributed by atoms with van der Waals surface area (Å²) in [7, 11) is 0. The number of hydrogen-bond acceptors (Lipinski definition) is 1. The average Bonchev–Trinajstić information content (AvgIpc) is 2.36. The fraction of sp³-hybridized carbons (Fsp3) is 0.444. The topological polar surface area (TPSA) is 9.23 Å². The van der Waals surface area contributed by atoms with E-state index in [1.807, 2.05) is 0 Å². The van der Waals surface area contributed by atoms with Crippen molar-refractivity contribution in [2.45, 2.75) is 47.1 Å². The van der Waals surface area contributed by atoms with E-state index in [1.54, 1.807) is 0 Å². The molecule has 0 aliphatic heterocycles. The first kappa shape index (κ1) is 15.7. The number of aryl methyl sites for hydroxylation is 1. The fourth-order valence-corrected chi connectivity index (χ4v) is 1.83. The number of hydrogen-bond donors (Lipinski definition) is 0. The smallest absolute Gasteiger partial charge is 0.0723 e. The van der Waals surface area contributed by atoms with E-state index in [4.69, 9.17) is 4.74 Å². The first-order chi connectivity index (χ1) is 9.09. The normalized spacial score (nSPS) is 11.5. The second-order valence-corrected chi connectivity index (χ2v) is 5.31. The van der Waals surface area contributed by atoms with Gasteiger partial charge in [0, 0.05) is 0 Å². The van der Waals surface area contributed by atoms with Crippen LogP contribution in [-0.2, 0) is 11.3 Å². The molecule has 1 aromatic carbocycles. The van der Waals surface area contributed by atoms with E-state index in [2.05, 4.69) is 64.1 Å². The standard InChI is InChI=1S/C18H26O/c1-15(2)8-7-9-16(3)12-13-19-14-18-11-6-5-10-17(18)4/h5-6,8,10-12H,7,9,13-14H2,1-4H3/b16-12+. The molecule has 1 rings (SSSR count). The van der Waals surface area contributed by atoms with E-state index < -0.39 is 0 Å². The summed E-state index contributed by atoms with van der Waals surface area (Å²) in [5.41, 5.74) is 5.37. The zero-order chi connectivity index (χ0) is 14.1. The largest absolute Gasteiger partial charge is 0.373 e. The molecule has 19 heavy (non-hydrogen) atoms. The van der Waals surface area contributed by atoms with E-state index in [0.29, 0.717) is 13.2 Å². The van der Waals surface area contributed by atoms with Crippen LogP contribution in [0.5, 0.6) is 0 Å². The Morgan fingerprint density at radius 3 is 2.53 bits per heavy atom. The van der Waals surface area contributed by atoms with Gasteiger partial charge in [0.2, 0.25) is 0 Å². The lowest BCUT2D eigenvalue weighted by Crippen LogP contribution is -1.95. The predicted molar refractivity (Wildman–Crippen MR) is 83.3 cm³/mol. The number of allylic oxidation sites excluding steroid dienone is 3. The van der Waals surface area contributed by atoms with Gasteiger partial charge in [0.05, 0.1) is 13.2 Å². The summed E-state index contributed by atoms with van der Waals surface area (Å²) in [6.45, 7) is 9.99. The zero-order valence-electron chi connectivity index (χ0n) is 12.7. The van der Waals surface area contributed by atoms with Crippen LogP contribution < -0.4 is 0 Å². The third kappa shape index (κ3) is 6.97. The Morgan fingerprint density at radius 2 is 1.84 bits per heavy atom. The Hall–Kier alpha value is -1.34. The van der Waals surface area contributed by atoms with Gasteiger partial charge in [-0.3, -0.25) is 0 Å². The van der Waals surface area contributed by atoms with Crippen LogP contribution >= 0.6 is 0 Å². The Bertz CT molecular complexity index is 437. The summed E-state index contributed by atoms with van der Waals surface area (Å²) in [6, 6.07) is 8.37. The lowest BCUT2D eigenvalue weighted by Gasteiger charge is -2.06. The molecule has 0 saturated heterocycles. The minimum absolute atomic E-state index is 0.699. The van der Waals surface area contributed by atoms with Gasteiger partial charge in [0.25, 0.3) is 0 Å². The van der Waals surface area contributed by atoms with Crippen LogP contribution in [0.4, 0.5) is 0 Å². The molecule has 1 aromatic rings. The molecule has 0 fully saturated rings. The van der Waals surface area contributed by atoms with Gasteiger partial charge in [-0.15, -0.1) is 0 Å². The maximum atomic E-state index is 5.71. The van der Waals surface area contributed by atoms with Gasteiger partial charge in [-0.1, -0.05) is 47.6 Å². The van der Waals surface area contributed by atoms with Crippen LogP contribution in [-0.4, -0.2) is 6.61 Å². The van der Waals surface area contributed by atoms with Crippen LogP contribution in [0.3, 0.4) is 0 Å². The van der Waals surface area contributed by atoms with Gasteiger partial charge >= 0.3 is 0 Å². The van der Waals surface area contributed by atoms with Crippen LogP contribution in [0.1, 0.15) is 44.7 Å². The van der Waals surface area contributed by atoms with Crippen LogP contribution in [0.15, 0.2) is 47.6 Å². The van der Waals surface area contributed by atoms with Gasteiger partial charge in [0.1, 0.15) is 0 Å². The maximum Gasteiger partial charge on any atom is 0.0723 e. The molecule has 1 heteroatoms. The van der Waals surface area contributed by atoms with E-state index in [0.717, 1.165) is 12.8 Å². The zero-order valence-corrected chi connectivity index (χ0v) is 12.7. The van der Waals surface area contributed by atoms with Crippen molar-refractivity contribution >= 4 is 0 Å². The third-order valence-electron chi connectivity index (χ3n) is 3.16. The summed E-state index contributed by atoms with van der Waals surface area (Å²) >= 11 is 0. The first-order valence-corrected chi connectivity index (χ1v) is 7.01. The van der Waals surface area contributed by atoms with Gasteiger partial charge in [0.15, 0.2) is 0 Å². The highest BCUT2D eigenvalue weighted by molar-refractivity contribution is 5.24. The van der Waals surface area contributed by atoms with E-state index >= 15 is 0 Å². The number of ether oxygens (including phenoxy) is 1. The number of benzene rings is 1. The third-order valence-corrected chi connectivity index (χ3v) is 3.16. The van der Waals surface area contributed by atoms with Crippen LogP contribution in [0.25, 0.3) is 0 Å². The molecule has 0 atom stereocenters. The Morgan fingerprint density at radius 1 is 1.11 bits per heavy atom. The van der Waals surface area contributed by atoms with Crippen molar-refractivity contribution < 1.29 is 4.74 Å². The maximum absolute atomic E-state index is 5.71. The minimum Gasteiger partial charge on any atom is -0.373 e. The van der Waals surface area contributed by atoms with Crippen LogP contribution in [0.2, 0.25) is 0 Å². The monoisotopic (exact) mass is 258 g/mol. The number of rotatable bonds is 7. The summed E-state index contributed by atoms with van der Waals surface area (Å²) in [4.78, 5) is 0. The molecule has 0 N–H and O–H groups in total. The molecule has 0 bridgehead atoms. The summed E-state index contributed by atoms with van der Waals surface area (Å²) in [5, 5.41) is 0. The molecule has 104 valence electrons. The molecule has 0 spiro atoms. The van der Waals surface area contributed by atoms with E-state index in [1.165, 1.54) is 22.3 Å². The quantitative estimate of drug-likeness (QED) is 0.482. The predicted octanol–water partition coefficient (Wildman–Crippen LogP) is 5.20. The Labute approximate surface area is 118 Å². The lowest BCUT2D eigenvalue weighted by atomic mass is 10.1. The molecule has 0 saturated carbocycles. The highest BCUT2D eigenvalue weighted by Crippen LogP contribution is 2.09. The first-order valence-electron chi connectivity index (χ1n) is 7.01. The van der Waals surface area contributed by atoms with Crippen molar-refractivity contribution in [3.05, 3.63) is 58.7 Å². The molecular weight excluding hydrogens is 232 g/mol.